The van der Waals surface area contributed by atoms with Crippen LogP contribution in [-0.2, 0) is 5.79 Å². The lowest BCUT2D eigenvalue weighted by Crippen LogP contribution is -2.53. The van der Waals surface area contributed by atoms with Crippen LogP contribution in [0.1, 0.15) is 18.4 Å². The predicted molar refractivity (Wildman–Crippen MR) is 122 cm³/mol. The number of benzene rings is 2. The number of nitrogens with zero attached hydrogens (tertiary/aromatic N) is 4. The number of aliphatic imine (C=N–C) groups is 1. The summed E-state index contributed by atoms with van der Waals surface area (Å²) in [6.45, 7) is 3.98. The Labute approximate surface area is 181 Å². The van der Waals surface area contributed by atoms with Crippen LogP contribution in [0.15, 0.2) is 65.7 Å². The molecular formula is C23H27N7O. The number of ether oxygens (including phenoxy) is 1. The van der Waals surface area contributed by atoms with Gasteiger partial charge in [0.1, 0.15) is 12.4 Å². The van der Waals surface area contributed by atoms with Gasteiger partial charge in [-0.15, -0.1) is 0 Å². The molecule has 2 aliphatic rings. The first-order valence-electron chi connectivity index (χ1n) is 10.6. The third kappa shape index (κ3) is 4.05. The van der Waals surface area contributed by atoms with Crippen molar-refractivity contribution in [3.63, 3.8) is 0 Å². The standard InChI is InChI=1S/C23H27N7O/c24-22-27-23(25,28-30(22)21-12-7-17-5-1-2-6-20(17)26-21)18-8-10-19(11-9-18)31-16-15-29-13-3-4-14-29/h1-2,5-12,28H,3-4,13-16,25H2,(H2,24,27). The molecule has 160 valence electrons. The van der Waals surface area contributed by atoms with Gasteiger partial charge < -0.3 is 10.5 Å². The topological polar surface area (TPSA) is 105 Å². The number of hydrogen-bond donors (Lipinski definition) is 3. The van der Waals surface area contributed by atoms with Crippen LogP contribution < -0.4 is 26.6 Å². The highest BCUT2D eigenvalue weighted by Gasteiger charge is 2.37. The molecule has 0 saturated carbocycles. The molecule has 2 aromatic carbocycles. The lowest BCUT2D eigenvalue weighted by Gasteiger charge is -2.25. The van der Waals surface area contributed by atoms with Crippen molar-refractivity contribution in [3.8, 4) is 5.75 Å². The minimum atomic E-state index is -1.18. The second-order valence-corrected chi connectivity index (χ2v) is 7.97. The number of para-hydroxylation sites is 1. The maximum Gasteiger partial charge on any atom is 0.215 e. The molecule has 5 rings (SSSR count). The van der Waals surface area contributed by atoms with Crippen molar-refractivity contribution in [2.75, 3.05) is 31.3 Å². The molecule has 1 saturated heterocycles. The molecule has 8 heteroatoms. The highest BCUT2D eigenvalue weighted by Crippen LogP contribution is 2.27. The first kappa shape index (κ1) is 19.7. The van der Waals surface area contributed by atoms with Gasteiger partial charge in [-0.3, -0.25) is 10.6 Å². The van der Waals surface area contributed by atoms with Crippen molar-refractivity contribution in [2.24, 2.45) is 16.5 Å². The van der Waals surface area contributed by atoms with Crippen LogP contribution in [0.5, 0.6) is 5.75 Å². The third-order valence-corrected chi connectivity index (χ3v) is 5.78. The number of guanidine groups is 1. The molecule has 1 atom stereocenters. The number of pyridine rings is 1. The Morgan fingerprint density at radius 2 is 1.77 bits per heavy atom. The maximum atomic E-state index is 6.55. The second kappa shape index (κ2) is 8.14. The number of hydrazine groups is 1. The number of nitrogens with one attached hydrogen (secondary N) is 1. The number of likely N-dealkylation sites (tertiary alicyclic amines) is 1. The molecule has 1 aromatic heterocycles. The van der Waals surface area contributed by atoms with Crippen molar-refractivity contribution >= 4 is 22.7 Å². The number of fused-ring (bicyclic) bond motifs is 1. The first-order chi connectivity index (χ1) is 15.1. The van der Waals surface area contributed by atoms with Crippen molar-refractivity contribution in [1.29, 1.82) is 0 Å². The van der Waals surface area contributed by atoms with E-state index in [1.54, 1.807) is 5.01 Å². The summed E-state index contributed by atoms with van der Waals surface area (Å²) in [5.74, 6) is 0.533. The molecule has 3 aromatic rings. The number of rotatable bonds is 6. The Kier molecular flexibility index (Phi) is 5.19. The highest BCUT2D eigenvalue weighted by molar-refractivity contribution is 5.96. The van der Waals surface area contributed by atoms with Crippen LogP contribution >= 0.6 is 0 Å². The first-order valence-corrected chi connectivity index (χ1v) is 10.6. The Morgan fingerprint density at radius 3 is 2.58 bits per heavy atom. The van der Waals surface area contributed by atoms with Crippen molar-refractivity contribution in [3.05, 3.63) is 66.2 Å². The quantitative estimate of drug-likeness (QED) is 0.564. The van der Waals surface area contributed by atoms with Crippen LogP contribution in [0.3, 0.4) is 0 Å². The van der Waals surface area contributed by atoms with Crippen LogP contribution in [0.2, 0.25) is 0 Å². The average molecular weight is 418 g/mol. The predicted octanol–water partition coefficient (Wildman–Crippen LogP) is 2.12. The highest BCUT2D eigenvalue weighted by atomic mass is 16.5. The van der Waals surface area contributed by atoms with E-state index in [0.29, 0.717) is 12.4 Å². The summed E-state index contributed by atoms with van der Waals surface area (Å²) in [6.07, 6.45) is 2.57. The summed E-state index contributed by atoms with van der Waals surface area (Å²) < 4.78 is 5.89. The van der Waals surface area contributed by atoms with Gasteiger partial charge in [-0.1, -0.05) is 30.3 Å². The zero-order valence-electron chi connectivity index (χ0n) is 17.4. The van der Waals surface area contributed by atoms with Gasteiger partial charge in [0, 0.05) is 17.5 Å². The Balaban J connectivity index is 1.27. The maximum absolute atomic E-state index is 6.55. The number of hydrogen-bond acceptors (Lipinski definition) is 8. The fourth-order valence-corrected chi connectivity index (χ4v) is 4.07. The molecule has 3 heterocycles. The molecule has 0 aliphatic carbocycles. The van der Waals surface area contributed by atoms with E-state index in [1.165, 1.54) is 25.9 Å². The van der Waals surface area contributed by atoms with Gasteiger partial charge in [-0.25, -0.2) is 15.0 Å². The van der Waals surface area contributed by atoms with Gasteiger partial charge in [0.25, 0.3) is 0 Å². The lowest BCUT2D eigenvalue weighted by molar-refractivity contribution is 0.237. The molecule has 31 heavy (non-hydrogen) atoms. The van der Waals surface area contributed by atoms with Crippen LogP contribution in [-0.4, -0.2) is 42.1 Å². The van der Waals surface area contributed by atoms with Gasteiger partial charge in [0.05, 0.1) is 5.52 Å². The number of anilines is 1. The number of nitrogens with two attached hydrogens (primary N) is 2. The summed E-state index contributed by atoms with van der Waals surface area (Å²) in [5.41, 5.74) is 17.6. The van der Waals surface area contributed by atoms with E-state index in [2.05, 4.69) is 20.3 Å². The summed E-state index contributed by atoms with van der Waals surface area (Å²) >= 11 is 0. The van der Waals surface area contributed by atoms with Gasteiger partial charge in [0.15, 0.2) is 5.82 Å². The van der Waals surface area contributed by atoms with E-state index in [0.717, 1.165) is 28.8 Å². The van der Waals surface area contributed by atoms with E-state index >= 15 is 0 Å². The van der Waals surface area contributed by atoms with Crippen molar-refractivity contribution < 1.29 is 4.74 Å². The van der Waals surface area contributed by atoms with Crippen LogP contribution in [0.25, 0.3) is 10.9 Å². The largest absolute Gasteiger partial charge is 0.492 e. The molecule has 0 amide bonds. The molecular weight excluding hydrogens is 390 g/mol. The Bertz CT molecular complexity index is 1090. The van der Waals surface area contributed by atoms with Crippen LogP contribution in [0.4, 0.5) is 5.82 Å². The van der Waals surface area contributed by atoms with Crippen LogP contribution in [0, 0.1) is 0 Å². The zero-order chi connectivity index (χ0) is 21.3. The normalized spacial score (nSPS) is 21.6. The summed E-state index contributed by atoms with van der Waals surface area (Å²) in [4.78, 5) is 11.6. The average Bonchev–Trinajstić information content (AvgIpc) is 3.42. The van der Waals surface area contributed by atoms with Gasteiger partial charge in [-0.2, -0.15) is 5.43 Å². The molecule has 1 unspecified atom stereocenters. The molecule has 0 bridgehead atoms. The molecule has 0 radical (unpaired) electrons. The minimum Gasteiger partial charge on any atom is -0.492 e. The van der Waals surface area contributed by atoms with E-state index in [9.17, 15) is 0 Å². The summed E-state index contributed by atoms with van der Waals surface area (Å²) in [7, 11) is 0. The molecule has 8 nitrogen and oxygen atoms in total. The monoisotopic (exact) mass is 417 g/mol. The molecule has 0 spiro atoms. The van der Waals surface area contributed by atoms with Gasteiger partial charge in [-0.05, 0) is 56.3 Å². The SMILES string of the molecule is NC1=NC(N)(c2ccc(OCCN3CCCC3)cc2)NN1c1ccc2ccccc2n1. The molecule has 1 fully saturated rings. The van der Waals surface area contributed by atoms with E-state index in [1.807, 2.05) is 60.7 Å². The zero-order valence-corrected chi connectivity index (χ0v) is 17.4. The fraction of sp³-hybridized carbons (Fsp3) is 0.304. The van der Waals surface area contributed by atoms with Crippen molar-refractivity contribution in [2.45, 2.75) is 18.6 Å². The van der Waals surface area contributed by atoms with Gasteiger partial charge >= 0.3 is 0 Å². The summed E-state index contributed by atoms with van der Waals surface area (Å²) in [5, 5.41) is 2.67. The van der Waals surface area contributed by atoms with Crippen molar-refractivity contribution in [1.82, 2.24) is 15.3 Å². The second-order valence-electron chi connectivity index (χ2n) is 7.97. The number of aromatic nitrogens is 1. The Hall–Kier alpha value is -3.20. The lowest BCUT2D eigenvalue weighted by atomic mass is 10.1. The third-order valence-electron chi connectivity index (χ3n) is 5.78. The molecule has 2 aliphatic heterocycles. The Morgan fingerprint density at radius 1 is 1.00 bits per heavy atom. The molecule has 5 N–H and O–H groups in total. The minimum absolute atomic E-state index is 0.260. The fourth-order valence-electron chi connectivity index (χ4n) is 4.07. The summed E-state index contributed by atoms with van der Waals surface area (Å²) in [6, 6.07) is 19.4. The van der Waals surface area contributed by atoms with E-state index in [-0.39, 0.29) is 5.96 Å². The smallest absolute Gasteiger partial charge is 0.215 e. The van der Waals surface area contributed by atoms with E-state index < -0.39 is 5.79 Å². The van der Waals surface area contributed by atoms with E-state index in [4.69, 9.17) is 16.2 Å². The van der Waals surface area contributed by atoms with Gasteiger partial charge in [0.2, 0.25) is 11.7 Å².